The van der Waals surface area contributed by atoms with Crippen LogP contribution in [0.2, 0.25) is 0 Å². The number of amides is 1. The topological polar surface area (TPSA) is 126 Å². The van der Waals surface area contributed by atoms with Crippen molar-refractivity contribution in [2.45, 2.75) is 0 Å². The quantitative estimate of drug-likeness (QED) is 0.578. The van der Waals surface area contributed by atoms with E-state index in [9.17, 15) is 9.36 Å². The van der Waals surface area contributed by atoms with Gasteiger partial charge in [-0.05, 0) is 37.9 Å². The summed E-state index contributed by atoms with van der Waals surface area (Å²) < 4.78 is 11.6. The molecular weight excluding hydrogens is 381 g/mol. The molecule has 5 N–H and O–H groups in total. The summed E-state index contributed by atoms with van der Waals surface area (Å²) in [6, 6.07) is 1.56. The molecule has 1 aromatic rings. The van der Waals surface area contributed by atoms with Crippen molar-refractivity contribution in [2.24, 2.45) is 0 Å². The molecule has 10 heteroatoms. The van der Waals surface area contributed by atoms with Gasteiger partial charge >= 0.3 is 7.60 Å². The van der Waals surface area contributed by atoms with E-state index >= 15 is 0 Å². The minimum atomic E-state index is -4.39. The first-order valence-corrected chi connectivity index (χ1v) is 7.53. The molecule has 0 fully saturated rings. The fourth-order valence-electron chi connectivity index (χ4n) is 0.927. The highest BCUT2D eigenvalue weighted by atomic mass is 79.9. The highest BCUT2D eigenvalue weighted by molar-refractivity contribution is 9.11. The molecule has 0 radical (unpaired) electrons. The van der Waals surface area contributed by atoms with Gasteiger partial charge in [-0.1, -0.05) is 0 Å². The number of rotatable bonds is 3. The normalized spacial score (nSPS) is 11.3. The van der Waals surface area contributed by atoms with Crippen LogP contribution in [-0.4, -0.2) is 26.8 Å². The predicted molar refractivity (Wildman–Crippen MR) is 69.6 cm³/mol. The average Bonchev–Trinajstić information content (AvgIpc) is 2.11. The third-order valence-electron chi connectivity index (χ3n) is 1.56. The van der Waals surface area contributed by atoms with Crippen molar-refractivity contribution >= 4 is 57.0 Å². The summed E-state index contributed by atoms with van der Waals surface area (Å²) in [5.41, 5.74) is 5.51. The number of nitrogens with one attached hydrogen (secondary N) is 1. The van der Waals surface area contributed by atoms with E-state index in [-0.39, 0.29) is 11.6 Å². The van der Waals surface area contributed by atoms with Crippen LogP contribution in [0.25, 0.3) is 0 Å². The Balaban J connectivity index is 2.86. The fraction of sp³-hybridized carbons (Fsp3) is 0.143. The molecule has 7 nitrogen and oxygen atoms in total. The first kappa shape index (κ1) is 14.6. The van der Waals surface area contributed by atoms with Gasteiger partial charge in [0, 0.05) is 0 Å². The van der Waals surface area contributed by atoms with Gasteiger partial charge in [-0.25, -0.2) is 4.98 Å². The number of carbonyl (C=O) groups excluding carboxylic acids is 1. The number of nitrogens with two attached hydrogens (primary N) is 1. The molecule has 1 amide bonds. The Bertz CT molecular complexity index is 504. The van der Waals surface area contributed by atoms with Crippen molar-refractivity contribution in [3.63, 3.8) is 0 Å². The number of nitrogen functional groups attached to an aromatic ring is 1. The Morgan fingerprint density at radius 1 is 1.47 bits per heavy atom. The zero-order valence-corrected chi connectivity index (χ0v) is 12.3. The summed E-state index contributed by atoms with van der Waals surface area (Å²) in [5.74, 6) is -0.586. The summed E-state index contributed by atoms with van der Waals surface area (Å²) in [4.78, 5) is 32.3. The monoisotopic (exact) mass is 387 g/mol. The number of hydrogen-bond acceptors (Lipinski definition) is 4. The van der Waals surface area contributed by atoms with E-state index in [1.165, 1.54) is 0 Å². The van der Waals surface area contributed by atoms with Crippen LogP contribution in [0.5, 0.6) is 0 Å². The highest BCUT2D eigenvalue weighted by Crippen LogP contribution is 2.34. The molecule has 1 aromatic heterocycles. The second-order valence-corrected chi connectivity index (χ2v) is 6.41. The maximum Gasteiger partial charge on any atom is 0.334 e. The number of carbonyl (C=O) groups is 1. The van der Waals surface area contributed by atoms with E-state index in [2.05, 4.69) is 42.2 Å². The van der Waals surface area contributed by atoms with Gasteiger partial charge in [-0.2, -0.15) is 0 Å². The lowest BCUT2D eigenvalue weighted by Gasteiger charge is -2.08. The molecular formula is C7H8Br2N3O4P. The first-order valence-electron chi connectivity index (χ1n) is 4.15. The predicted octanol–water partition coefficient (Wildman–Crippen LogP) is 1.30. The minimum absolute atomic E-state index is 0.101. The number of pyridine rings is 1. The highest BCUT2D eigenvalue weighted by Gasteiger charge is 2.20. The van der Waals surface area contributed by atoms with Gasteiger partial charge in [0.2, 0.25) is 5.91 Å². The molecule has 0 aliphatic carbocycles. The van der Waals surface area contributed by atoms with Crippen LogP contribution >= 0.6 is 39.5 Å². The number of halogens is 2. The summed E-state index contributed by atoms with van der Waals surface area (Å²) >= 11 is 6.27. The zero-order valence-electron chi connectivity index (χ0n) is 8.22. The van der Waals surface area contributed by atoms with Gasteiger partial charge in [-0.15, -0.1) is 0 Å². The van der Waals surface area contributed by atoms with Crippen LogP contribution in [0.1, 0.15) is 0 Å². The molecule has 17 heavy (non-hydrogen) atoms. The lowest BCUT2D eigenvalue weighted by Crippen LogP contribution is -2.17. The molecule has 1 heterocycles. The molecule has 0 spiro atoms. The molecule has 0 aliphatic rings. The van der Waals surface area contributed by atoms with Gasteiger partial charge in [0.05, 0.1) is 8.95 Å². The van der Waals surface area contributed by atoms with Crippen molar-refractivity contribution in [3.05, 3.63) is 15.0 Å². The largest absolute Gasteiger partial charge is 0.383 e. The van der Waals surface area contributed by atoms with Crippen LogP contribution in [-0.2, 0) is 9.36 Å². The Morgan fingerprint density at radius 2 is 2.06 bits per heavy atom. The van der Waals surface area contributed by atoms with E-state index in [1.807, 2.05) is 0 Å². The van der Waals surface area contributed by atoms with Crippen LogP contribution in [0, 0.1) is 0 Å². The van der Waals surface area contributed by atoms with Gasteiger partial charge < -0.3 is 20.8 Å². The Kier molecular flexibility index (Phi) is 4.68. The summed E-state index contributed by atoms with van der Waals surface area (Å²) in [6.45, 7) is 0. The number of anilines is 2. The second-order valence-electron chi connectivity index (χ2n) is 3.06. The Morgan fingerprint density at radius 3 is 2.59 bits per heavy atom. The third kappa shape index (κ3) is 4.72. The zero-order chi connectivity index (χ0) is 13.2. The van der Waals surface area contributed by atoms with Crippen molar-refractivity contribution < 1.29 is 19.1 Å². The lowest BCUT2D eigenvalue weighted by molar-refractivity contribution is -0.114. The van der Waals surface area contributed by atoms with Gasteiger partial charge in [0.1, 0.15) is 17.8 Å². The number of nitrogens with zero attached hydrogens (tertiary/aromatic N) is 1. The smallest absolute Gasteiger partial charge is 0.334 e. The first-order chi connectivity index (χ1) is 7.69. The molecule has 0 unspecified atom stereocenters. The minimum Gasteiger partial charge on any atom is -0.383 e. The van der Waals surface area contributed by atoms with E-state index < -0.39 is 19.7 Å². The van der Waals surface area contributed by atoms with Crippen LogP contribution < -0.4 is 11.1 Å². The molecule has 0 bridgehead atoms. The van der Waals surface area contributed by atoms with E-state index in [0.717, 1.165) is 0 Å². The summed E-state index contributed by atoms with van der Waals surface area (Å²) in [5, 5.41) is 2.24. The third-order valence-corrected chi connectivity index (χ3v) is 3.50. The lowest BCUT2D eigenvalue weighted by atomic mass is 10.4. The summed E-state index contributed by atoms with van der Waals surface area (Å²) in [6.07, 6.45) is -0.906. The number of aromatic nitrogens is 1. The van der Waals surface area contributed by atoms with E-state index in [0.29, 0.717) is 8.95 Å². The Labute approximate surface area is 113 Å². The summed E-state index contributed by atoms with van der Waals surface area (Å²) in [7, 11) is -4.39. The van der Waals surface area contributed by atoms with E-state index in [1.54, 1.807) is 6.07 Å². The van der Waals surface area contributed by atoms with Crippen molar-refractivity contribution in [3.8, 4) is 0 Å². The maximum absolute atomic E-state index is 11.3. The van der Waals surface area contributed by atoms with E-state index in [4.69, 9.17) is 15.5 Å². The molecule has 0 saturated heterocycles. The standard InChI is InChI=1S/C7H8Br2N3O4P/c8-3-1-4(9)7(12-6(3)10)11-5(13)2-17(14,15)16/h1H,2H2,(H2,14,15,16)(H3,10,11,12,13). The number of hydrogen-bond donors (Lipinski definition) is 4. The van der Waals surface area contributed by atoms with Crippen molar-refractivity contribution in [1.82, 2.24) is 4.98 Å². The molecule has 1 rings (SSSR count). The molecule has 0 aliphatic heterocycles. The molecule has 94 valence electrons. The maximum atomic E-state index is 11.3. The van der Waals surface area contributed by atoms with Crippen molar-refractivity contribution in [2.75, 3.05) is 17.2 Å². The fourth-order valence-corrected chi connectivity index (χ4v) is 2.42. The molecule has 0 atom stereocenters. The molecule has 0 aromatic carbocycles. The van der Waals surface area contributed by atoms with Crippen LogP contribution in [0.3, 0.4) is 0 Å². The SMILES string of the molecule is Nc1nc(NC(=O)CP(=O)(O)O)c(Br)cc1Br. The van der Waals surface area contributed by atoms with Crippen LogP contribution in [0.4, 0.5) is 11.6 Å². The van der Waals surface area contributed by atoms with Gasteiger partial charge in [0.15, 0.2) is 0 Å². The second kappa shape index (κ2) is 5.45. The average molecular weight is 389 g/mol. The van der Waals surface area contributed by atoms with Gasteiger partial charge in [0.25, 0.3) is 0 Å². The Hall–Kier alpha value is -0.470. The van der Waals surface area contributed by atoms with Gasteiger partial charge in [-0.3, -0.25) is 9.36 Å². The van der Waals surface area contributed by atoms with Crippen LogP contribution in [0.15, 0.2) is 15.0 Å². The van der Waals surface area contributed by atoms with Crippen molar-refractivity contribution in [1.29, 1.82) is 0 Å². The molecule has 0 saturated carbocycles.